The molecule has 0 bridgehead atoms. The Morgan fingerprint density at radius 2 is 1.91 bits per heavy atom. The molecule has 1 N–H and O–H groups in total. The number of rotatable bonds is 6. The molecule has 0 saturated carbocycles. The van der Waals surface area contributed by atoms with Crippen molar-refractivity contribution in [2.45, 2.75) is 13.0 Å². The van der Waals surface area contributed by atoms with Crippen molar-refractivity contribution in [3.05, 3.63) is 22.7 Å². The summed E-state index contributed by atoms with van der Waals surface area (Å²) in [6.45, 7) is 6.17. The van der Waals surface area contributed by atoms with Gasteiger partial charge in [-0.1, -0.05) is 24.6 Å². The minimum atomic E-state index is -0.913. The van der Waals surface area contributed by atoms with Gasteiger partial charge in [-0.05, 0) is 12.6 Å². The fraction of sp³-hybridized carbons (Fsp3) is 0.562. The van der Waals surface area contributed by atoms with Crippen molar-refractivity contribution in [1.82, 2.24) is 9.80 Å². The Kier molecular flexibility index (Phi) is 6.10. The normalized spacial score (nSPS) is 17.7. The standard InChI is InChI=1S/C16H23ClN2O4/c1-4-18-7-9-19(10-8-18)14(16(20)21)11-5-6-12(22-2)15(23-3)13(11)17/h5-6,14H,4,7-10H2,1-3H3,(H,20,21). The summed E-state index contributed by atoms with van der Waals surface area (Å²) in [5, 5.41) is 10.0. The van der Waals surface area contributed by atoms with Crippen molar-refractivity contribution >= 4 is 17.6 Å². The highest BCUT2D eigenvalue weighted by atomic mass is 35.5. The van der Waals surface area contributed by atoms with Gasteiger partial charge < -0.3 is 19.5 Å². The summed E-state index contributed by atoms with van der Waals surface area (Å²) < 4.78 is 10.5. The molecule has 1 fully saturated rings. The van der Waals surface area contributed by atoms with Gasteiger partial charge in [0.25, 0.3) is 0 Å². The summed E-state index contributed by atoms with van der Waals surface area (Å²) >= 11 is 6.40. The first-order valence-corrected chi connectivity index (χ1v) is 8.00. The van der Waals surface area contributed by atoms with Crippen molar-refractivity contribution in [1.29, 1.82) is 0 Å². The summed E-state index contributed by atoms with van der Waals surface area (Å²) in [5.74, 6) is -0.0598. The van der Waals surface area contributed by atoms with Crippen LogP contribution in [0.15, 0.2) is 12.1 Å². The molecule has 0 aromatic heterocycles. The predicted molar refractivity (Wildman–Crippen MR) is 88.6 cm³/mol. The molecule has 1 aliphatic heterocycles. The van der Waals surface area contributed by atoms with Gasteiger partial charge in [0.2, 0.25) is 0 Å². The SMILES string of the molecule is CCN1CCN(C(C(=O)O)c2ccc(OC)c(OC)c2Cl)CC1. The summed E-state index contributed by atoms with van der Waals surface area (Å²) in [4.78, 5) is 16.1. The van der Waals surface area contributed by atoms with Crippen molar-refractivity contribution < 1.29 is 19.4 Å². The molecule has 1 unspecified atom stereocenters. The Hall–Kier alpha value is -1.50. The molecule has 128 valence electrons. The van der Waals surface area contributed by atoms with Crippen molar-refractivity contribution in [2.24, 2.45) is 0 Å². The molecule has 1 heterocycles. The van der Waals surface area contributed by atoms with Gasteiger partial charge in [0.05, 0.1) is 19.2 Å². The molecular formula is C16H23ClN2O4. The van der Waals surface area contributed by atoms with Gasteiger partial charge in [-0.25, -0.2) is 0 Å². The Bertz CT molecular complexity index is 559. The Labute approximate surface area is 141 Å². The molecule has 23 heavy (non-hydrogen) atoms. The monoisotopic (exact) mass is 342 g/mol. The second-order valence-electron chi connectivity index (χ2n) is 5.42. The maximum absolute atomic E-state index is 11.9. The van der Waals surface area contributed by atoms with E-state index in [1.807, 2.05) is 4.90 Å². The first-order valence-electron chi connectivity index (χ1n) is 7.63. The predicted octanol–water partition coefficient (Wildman–Crippen LogP) is 2.12. The first-order chi connectivity index (χ1) is 11.0. The quantitative estimate of drug-likeness (QED) is 0.854. The molecule has 1 atom stereocenters. The minimum absolute atomic E-state index is 0.289. The molecule has 0 aliphatic carbocycles. The van der Waals surface area contributed by atoms with Crippen LogP contribution in [0.25, 0.3) is 0 Å². The van der Waals surface area contributed by atoms with Crippen LogP contribution in [0.2, 0.25) is 5.02 Å². The number of methoxy groups -OCH3 is 2. The van der Waals surface area contributed by atoms with Crippen LogP contribution >= 0.6 is 11.6 Å². The van der Waals surface area contributed by atoms with Crippen LogP contribution < -0.4 is 9.47 Å². The van der Waals surface area contributed by atoms with E-state index in [4.69, 9.17) is 21.1 Å². The number of ether oxygens (including phenoxy) is 2. The highest BCUT2D eigenvalue weighted by Gasteiger charge is 2.33. The number of hydrogen-bond acceptors (Lipinski definition) is 5. The molecular weight excluding hydrogens is 320 g/mol. The third-order valence-corrected chi connectivity index (χ3v) is 4.65. The molecule has 1 aromatic carbocycles. The summed E-state index contributed by atoms with van der Waals surface area (Å²) in [7, 11) is 3.01. The Morgan fingerprint density at radius 3 is 2.39 bits per heavy atom. The van der Waals surface area contributed by atoms with E-state index >= 15 is 0 Å². The molecule has 0 spiro atoms. The lowest BCUT2D eigenvalue weighted by molar-refractivity contribution is -0.144. The van der Waals surface area contributed by atoms with Gasteiger partial charge >= 0.3 is 5.97 Å². The average Bonchev–Trinajstić information content (AvgIpc) is 2.56. The lowest BCUT2D eigenvalue weighted by atomic mass is 10.0. The lowest BCUT2D eigenvalue weighted by Crippen LogP contribution is -2.49. The van der Waals surface area contributed by atoms with E-state index in [1.54, 1.807) is 12.1 Å². The fourth-order valence-corrected chi connectivity index (χ4v) is 3.28. The van der Waals surface area contributed by atoms with Crippen LogP contribution in [0.3, 0.4) is 0 Å². The number of aliphatic carboxylic acids is 1. The third-order valence-electron chi connectivity index (χ3n) is 4.26. The van der Waals surface area contributed by atoms with E-state index in [0.717, 1.165) is 19.6 Å². The number of piperazine rings is 1. The maximum Gasteiger partial charge on any atom is 0.325 e. The Balaban J connectivity index is 2.34. The summed E-state index contributed by atoms with van der Waals surface area (Å²) in [6, 6.07) is 2.61. The number of nitrogens with zero attached hydrogens (tertiary/aromatic N) is 2. The first kappa shape index (κ1) is 17.8. The molecule has 1 saturated heterocycles. The van der Waals surface area contributed by atoms with Crippen molar-refractivity contribution in [3.8, 4) is 11.5 Å². The average molecular weight is 343 g/mol. The van der Waals surface area contributed by atoms with Gasteiger partial charge in [-0.3, -0.25) is 9.69 Å². The maximum atomic E-state index is 11.9. The van der Waals surface area contributed by atoms with E-state index in [9.17, 15) is 9.90 Å². The molecule has 0 radical (unpaired) electrons. The van der Waals surface area contributed by atoms with Crippen LogP contribution in [0, 0.1) is 0 Å². The van der Waals surface area contributed by atoms with Gasteiger partial charge in [-0.2, -0.15) is 0 Å². The van der Waals surface area contributed by atoms with Crippen LogP contribution in [-0.2, 0) is 4.79 Å². The number of carboxylic acid groups (broad SMARTS) is 1. The van der Waals surface area contributed by atoms with E-state index in [-0.39, 0.29) is 5.02 Å². The van der Waals surface area contributed by atoms with Crippen molar-refractivity contribution in [3.63, 3.8) is 0 Å². The van der Waals surface area contributed by atoms with Gasteiger partial charge in [0, 0.05) is 31.7 Å². The number of halogens is 1. The summed E-state index contributed by atoms with van der Waals surface area (Å²) in [5.41, 5.74) is 0.529. The smallest absolute Gasteiger partial charge is 0.325 e. The third kappa shape index (κ3) is 3.71. The van der Waals surface area contributed by atoms with Crippen LogP contribution in [-0.4, -0.2) is 67.8 Å². The molecule has 7 heteroatoms. The number of likely N-dealkylation sites (N-methyl/N-ethyl adjacent to an activating group) is 1. The largest absolute Gasteiger partial charge is 0.493 e. The molecule has 0 amide bonds. The van der Waals surface area contributed by atoms with E-state index in [0.29, 0.717) is 30.2 Å². The second-order valence-corrected chi connectivity index (χ2v) is 5.79. The van der Waals surface area contributed by atoms with Crippen LogP contribution in [0.1, 0.15) is 18.5 Å². The number of carboxylic acids is 1. The van der Waals surface area contributed by atoms with E-state index in [1.165, 1.54) is 14.2 Å². The fourth-order valence-electron chi connectivity index (χ4n) is 2.94. The second kappa shape index (κ2) is 7.86. The summed E-state index contributed by atoms with van der Waals surface area (Å²) in [6.07, 6.45) is 0. The van der Waals surface area contributed by atoms with Gasteiger partial charge in [0.15, 0.2) is 11.5 Å². The topological polar surface area (TPSA) is 62.2 Å². The molecule has 2 rings (SSSR count). The highest BCUT2D eigenvalue weighted by molar-refractivity contribution is 6.33. The zero-order chi connectivity index (χ0) is 17.0. The highest BCUT2D eigenvalue weighted by Crippen LogP contribution is 2.41. The van der Waals surface area contributed by atoms with Crippen LogP contribution in [0.4, 0.5) is 0 Å². The van der Waals surface area contributed by atoms with E-state index in [2.05, 4.69) is 11.8 Å². The molecule has 1 aromatic rings. The van der Waals surface area contributed by atoms with Gasteiger partial charge in [-0.15, -0.1) is 0 Å². The molecule has 6 nitrogen and oxygen atoms in total. The number of hydrogen-bond donors (Lipinski definition) is 1. The zero-order valence-electron chi connectivity index (χ0n) is 13.7. The zero-order valence-corrected chi connectivity index (χ0v) is 14.5. The lowest BCUT2D eigenvalue weighted by Gasteiger charge is -2.37. The van der Waals surface area contributed by atoms with E-state index < -0.39 is 12.0 Å². The van der Waals surface area contributed by atoms with Crippen LogP contribution in [0.5, 0.6) is 11.5 Å². The number of benzene rings is 1. The molecule has 1 aliphatic rings. The van der Waals surface area contributed by atoms with Crippen molar-refractivity contribution in [2.75, 3.05) is 46.9 Å². The van der Waals surface area contributed by atoms with Gasteiger partial charge in [0.1, 0.15) is 6.04 Å². The minimum Gasteiger partial charge on any atom is -0.493 e. The number of carbonyl (C=O) groups is 1. The Morgan fingerprint density at radius 1 is 1.26 bits per heavy atom.